The van der Waals surface area contributed by atoms with Gasteiger partial charge in [0.2, 0.25) is 0 Å². The standard InChI is InChI=1S/C9H14N4OS/c1-9(2,3)15-7-5-11-6(4-12-7)8(10)13-14/h4-5,14H,1-3H3,(H2,10,13). The van der Waals surface area contributed by atoms with Crippen LogP contribution in [0.25, 0.3) is 0 Å². The van der Waals surface area contributed by atoms with E-state index in [0.29, 0.717) is 5.69 Å². The predicted molar refractivity (Wildman–Crippen MR) is 60.2 cm³/mol. The summed E-state index contributed by atoms with van der Waals surface area (Å²) in [6, 6.07) is 0. The van der Waals surface area contributed by atoms with E-state index in [4.69, 9.17) is 10.9 Å². The molecule has 0 bridgehead atoms. The lowest BCUT2D eigenvalue weighted by Crippen LogP contribution is -2.15. The Labute approximate surface area is 92.8 Å². The maximum atomic E-state index is 8.43. The molecular weight excluding hydrogens is 212 g/mol. The first-order valence-electron chi connectivity index (χ1n) is 4.41. The minimum absolute atomic E-state index is 0.0326. The Morgan fingerprint density at radius 3 is 2.47 bits per heavy atom. The van der Waals surface area contributed by atoms with Crippen LogP contribution in [0.3, 0.4) is 0 Å². The van der Waals surface area contributed by atoms with Gasteiger partial charge in [-0.15, -0.1) is 0 Å². The number of nitrogens with zero attached hydrogens (tertiary/aromatic N) is 3. The fraction of sp³-hybridized carbons (Fsp3) is 0.444. The molecule has 0 aromatic carbocycles. The molecule has 0 amide bonds. The molecule has 82 valence electrons. The van der Waals surface area contributed by atoms with Crippen molar-refractivity contribution in [2.75, 3.05) is 0 Å². The maximum Gasteiger partial charge on any atom is 0.190 e. The zero-order valence-corrected chi connectivity index (χ0v) is 9.75. The van der Waals surface area contributed by atoms with Crippen LogP contribution in [0.5, 0.6) is 0 Å². The number of amidine groups is 1. The number of thioether (sulfide) groups is 1. The quantitative estimate of drug-likeness (QED) is 0.262. The van der Waals surface area contributed by atoms with Gasteiger partial charge < -0.3 is 10.9 Å². The highest BCUT2D eigenvalue weighted by Crippen LogP contribution is 2.29. The van der Waals surface area contributed by atoms with Crippen LogP contribution in [0.15, 0.2) is 22.6 Å². The highest BCUT2D eigenvalue weighted by Gasteiger charge is 2.13. The van der Waals surface area contributed by atoms with Crippen molar-refractivity contribution >= 4 is 17.6 Å². The first kappa shape index (κ1) is 11.8. The molecule has 1 aromatic rings. The summed E-state index contributed by atoms with van der Waals surface area (Å²) in [5.74, 6) is -0.0326. The van der Waals surface area contributed by atoms with E-state index in [1.807, 2.05) is 0 Å². The lowest BCUT2D eigenvalue weighted by atomic mass is 10.3. The zero-order valence-electron chi connectivity index (χ0n) is 8.93. The number of hydrogen-bond acceptors (Lipinski definition) is 5. The van der Waals surface area contributed by atoms with Gasteiger partial charge in [0.05, 0.1) is 12.4 Å². The first-order chi connectivity index (χ1) is 6.92. The van der Waals surface area contributed by atoms with E-state index in [2.05, 4.69) is 35.9 Å². The van der Waals surface area contributed by atoms with Crippen molar-refractivity contribution in [1.29, 1.82) is 0 Å². The van der Waals surface area contributed by atoms with Crippen LogP contribution in [0.1, 0.15) is 26.5 Å². The van der Waals surface area contributed by atoms with Crippen LogP contribution in [0, 0.1) is 0 Å². The van der Waals surface area contributed by atoms with Crippen molar-refractivity contribution in [3.63, 3.8) is 0 Å². The van der Waals surface area contributed by atoms with Gasteiger partial charge in [-0.2, -0.15) is 0 Å². The van der Waals surface area contributed by atoms with Crippen LogP contribution >= 0.6 is 11.8 Å². The lowest BCUT2D eigenvalue weighted by molar-refractivity contribution is 0.318. The average molecular weight is 226 g/mol. The Balaban J connectivity index is 2.82. The fourth-order valence-electron chi connectivity index (χ4n) is 0.866. The van der Waals surface area contributed by atoms with Crippen LogP contribution < -0.4 is 5.73 Å². The summed E-state index contributed by atoms with van der Waals surface area (Å²) in [6.07, 6.45) is 3.10. The number of rotatable bonds is 2. The molecule has 0 unspecified atom stereocenters. The third-order valence-corrected chi connectivity index (χ3v) is 2.44. The third kappa shape index (κ3) is 3.75. The van der Waals surface area contributed by atoms with Crippen molar-refractivity contribution in [2.45, 2.75) is 30.5 Å². The molecule has 3 N–H and O–H groups in total. The van der Waals surface area contributed by atoms with Crippen LogP contribution in [-0.4, -0.2) is 25.8 Å². The molecule has 0 radical (unpaired) electrons. The van der Waals surface area contributed by atoms with Crippen LogP contribution in [-0.2, 0) is 0 Å². The summed E-state index contributed by atoms with van der Waals surface area (Å²) < 4.78 is 0.0901. The summed E-state index contributed by atoms with van der Waals surface area (Å²) in [7, 11) is 0. The van der Waals surface area contributed by atoms with E-state index in [1.54, 1.807) is 18.0 Å². The van der Waals surface area contributed by atoms with Crippen molar-refractivity contribution in [1.82, 2.24) is 9.97 Å². The summed E-state index contributed by atoms with van der Waals surface area (Å²) in [5.41, 5.74) is 5.73. The summed E-state index contributed by atoms with van der Waals surface area (Å²) in [4.78, 5) is 8.20. The molecule has 0 atom stereocenters. The predicted octanol–water partition coefficient (Wildman–Crippen LogP) is 1.46. The molecule has 0 fully saturated rings. The fourth-order valence-corrected chi connectivity index (χ4v) is 1.70. The lowest BCUT2D eigenvalue weighted by Gasteiger charge is -2.16. The monoisotopic (exact) mass is 226 g/mol. The highest BCUT2D eigenvalue weighted by molar-refractivity contribution is 8.00. The number of hydrogen-bond donors (Lipinski definition) is 2. The molecule has 6 heteroatoms. The molecule has 5 nitrogen and oxygen atoms in total. The van der Waals surface area contributed by atoms with Gasteiger partial charge in [-0.05, 0) is 0 Å². The van der Waals surface area contributed by atoms with Gasteiger partial charge in [-0.3, -0.25) is 0 Å². The SMILES string of the molecule is CC(C)(C)Sc1cnc(C(N)=NO)cn1. The zero-order chi connectivity index (χ0) is 11.5. The molecule has 0 saturated carbocycles. The first-order valence-corrected chi connectivity index (χ1v) is 5.23. The minimum atomic E-state index is -0.0326. The third-order valence-electron chi connectivity index (χ3n) is 1.41. The van der Waals surface area contributed by atoms with Gasteiger partial charge >= 0.3 is 0 Å². The van der Waals surface area contributed by atoms with E-state index in [-0.39, 0.29) is 10.6 Å². The van der Waals surface area contributed by atoms with Crippen LogP contribution in [0.4, 0.5) is 0 Å². The van der Waals surface area contributed by atoms with E-state index < -0.39 is 0 Å². The van der Waals surface area contributed by atoms with E-state index >= 15 is 0 Å². The maximum absolute atomic E-state index is 8.43. The summed E-state index contributed by atoms with van der Waals surface area (Å²) in [5, 5.41) is 12.1. The Bertz CT molecular complexity index is 355. The molecular formula is C9H14N4OS. The molecule has 0 aliphatic carbocycles. The Kier molecular flexibility index (Phi) is 3.52. The molecule has 0 saturated heterocycles. The molecule has 0 aliphatic rings. The van der Waals surface area contributed by atoms with Crippen molar-refractivity contribution in [3.8, 4) is 0 Å². The van der Waals surface area contributed by atoms with Crippen molar-refractivity contribution in [2.24, 2.45) is 10.9 Å². The van der Waals surface area contributed by atoms with Gasteiger partial charge in [0.25, 0.3) is 0 Å². The van der Waals surface area contributed by atoms with Gasteiger partial charge in [-0.25, -0.2) is 9.97 Å². The van der Waals surface area contributed by atoms with Crippen molar-refractivity contribution < 1.29 is 5.21 Å². The second kappa shape index (κ2) is 4.48. The molecule has 0 aliphatic heterocycles. The van der Waals surface area contributed by atoms with Gasteiger partial charge in [0, 0.05) is 4.75 Å². The second-order valence-corrected chi connectivity index (χ2v) is 5.79. The molecule has 1 rings (SSSR count). The van der Waals surface area contributed by atoms with Gasteiger partial charge in [-0.1, -0.05) is 37.7 Å². The molecule has 1 heterocycles. The Morgan fingerprint density at radius 2 is 2.07 bits per heavy atom. The average Bonchev–Trinajstić information content (AvgIpc) is 2.15. The summed E-state index contributed by atoms with van der Waals surface area (Å²) >= 11 is 1.61. The second-order valence-electron chi connectivity index (χ2n) is 3.94. The largest absolute Gasteiger partial charge is 0.409 e. The number of nitrogens with two attached hydrogens (primary N) is 1. The number of oxime groups is 1. The summed E-state index contributed by atoms with van der Waals surface area (Å²) in [6.45, 7) is 6.28. The van der Waals surface area contributed by atoms with Crippen molar-refractivity contribution in [3.05, 3.63) is 18.1 Å². The Hall–Kier alpha value is -1.30. The molecule has 0 spiro atoms. The number of aromatic nitrogens is 2. The van der Waals surface area contributed by atoms with Crippen LogP contribution in [0.2, 0.25) is 0 Å². The minimum Gasteiger partial charge on any atom is -0.409 e. The topological polar surface area (TPSA) is 84.4 Å². The highest BCUT2D eigenvalue weighted by atomic mass is 32.2. The molecule has 15 heavy (non-hydrogen) atoms. The molecule has 1 aromatic heterocycles. The van der Waals surface area contributed by atoms with Gasteiger partial charge in [0.15, 0.2) is 5.84 Å². The van der Waals surface area contributed by atoms with E-state index in [9.17, 15) is 0 Å². The van der Waals surface area contributed by atoms with Gasteiger partial charge in [0.1, 0.15) is 10.7 Å². The smallest absolute Gasteiger partial charge is 0.190 e. The normalized spacial score (nSPS) is 12.9. The van der Waals surface area contributed by atoms with E-state index in [0.717, 1.165) is 5.03 Å². The van der Waals surface area contributed by atoms with E-state index in [1.165, 1.54) is 6.20 Å². The Morgan fingerprint density at radius 1 is 1.40 bits per heavy atom.